The summed E-state index contributed by atoms with van der Waals surface area (Å²) in [6.45, 7) is 8.57. The summed E-state index contributed by atoms with van der Waals surface area (Å²) in [6.07, 6.45) is 0. The Hall–Kier alpha value is -2.82. The van der Waals surface area contributed by atoms with Crippen molar-refractivity contribution in [1.82, 2.24) is 4.90 Å². The number of carbonyl (C=O) groups is 2. The molecule has 2 aromatic rings. The first-order valence-corrected chi connectivity index (χ1v) is 8.93. The molecule has 1 aliphatic rings. The van der Waals surface area contributed by atoms with Gasteiger partial charge in [-0.1, -0.05) is 6.07 Å². The van der Waals surface area contributed by atoms with Crippen LogP contribution in [0.3, 0.4) is 0 Å². The number of aryl methyl sites for hydroxylation is 2. The number of urea groups is 1. The number of rotatable bonds is 3. The minimum Gasteiger partial charge on any atom is -0.368 e. The smallest absolute Gasteiger partial charge is 0.321 e. The largest absolute Gasteiger partial charge is 0.368 e. The van der Waals surface area contributed by atoms with Gasteiger partial charge in [-0.05, 0) is 68.3 Å². The van der Waals surface area contributed by atoms with Crippen LogP contribution in [0.1, 0.15) is 28.4 Å². The fourth-order valence-electron chi connectivity index (χ4n) is 3.10. The number of anilines is 2. The van der Waals surface area contributed by atoms with E-state index in [0.29, 0.717) is 13.1 Å². The summed E-state index contributed by atoms with van der Waals surface area (Å²) in [4.78, 5) is 27.9. The zero-order valence-electron chi connectivity index (χ0n) is 15.6. The van der Waals surface area contributed by atoms with Crippen LogP contribution >= 0.6 is 0 Å². The highest BCUT2D eigenvalue weighted by molar-refractivity contribution is 5.94. The number of carbonyl (C=O) groups excluding carboxylic acids is 2. The van der Waals surface area contributed by atoms with Gasteiger partial charge in [-0.2, -0.15) is 0 Å². The molecule has 5 heteroatoms. The van der Waals surface area contributed by atoms with E-state index in [1.165, 1.54) is 11.1 Å². The minimum absolute atomic E-state index is 0.0557. The van der Waals surface area contributed by atoms with Gasteiger partial charge in [0.25, 0.3) is 0 Å². The number of hydrogen-bond donors (Lipinski definition) is 1. The van der Waals surface area contributed by atoms with Crippen molar-refractivity contribution >= 4 is 23.2 Å². The van der Waals surface area contributed by atoms with Gasteiger partial charge in [0.15, 0.2) is 5.78 Å². The summed E-state index contributed by atoms with van der Waals surface area (Å²) >= 11 is 0. The number of nitrogens with zero attached hydrogens (tertiary/aromatic N) is 2. The number of hydrogen-bond acceptors (Lipinski definition) is 3. The topological polar surface area (TPSA) is 52.7 Å². The molecular formula is C21H25N3O2. The maximum atomic E-state index is 12.5. The van der Waals surface area contributed by atoms with E-state index < -0.39 is 0 Å². The van der Waals surface area contributed by atoms with Crippen molar-refractivity contribution in [2.75, 3.05) is 36.4 Å². The summed E-state index contributed by atoms with van der Waals surface area (Å²) in [5.41, 5.74) is 5.03. The normalized spacial score (nSPS) is 14.3. The van der Waals surface area contributed by atoms with Crippen LogP contribution < -0.4 is 10.2 Å². The number of amides is 2. The predicted molar refractivity (Wildman–Crippen MR) is 105 cm³/mol. The Kier molecular flexibility index (Phi) is 5.26. The minimum atomic E-state index is -0.0557. The third-order valence-electron chi connectivity index (χ3n) is 4.96. The summed E-state index contributed by atoms with van der Waals surface area (Å²) in [5, 5.41) is 2.99. The van der Waals surface area contributed by atoms with E-state index in [9.17, 15) is 9.59 Å². The van der Waals surface area contributed by atoms with Crippen LogP contribution in [0.4, 0.5) is 16.2 Å². The van der Waals surface area contributed by atoms with Crippen LogP contribution in [-0.4, -0.2) is 42.9 Å². The van der Waals surface area contributed by atoms with Crippen molar-refractivity contribution in [3.8, 4) is 0 Å². The zero-order valence-corrected chi connectivity index (χ0v) is 15.6. The summed E-state index contributed by atoms with van der Waals surface area (Å²) in [6, 6.07) is 13.6. The lowest BCUT2D eigenvalue weighted by molar-refractivity contribution is 0.101. The van der Waals surface area contributed by atoms with Crippen LogP contribution in [0, 0.1) is 13.8 Å². The average Bonchev–Trinajstić information content (AvgIpc) is 2.65. The number of piperazine rings is 1. The number of Topliss-reactive ketones (excluding diaryl/α,β-unsaturated/α-hetero) is 1. The molecule has 0 aromatic heterocycles. The number of benzene rings is 2. The molecule has 1 saturated heterocycles. The van der Waals surface area contributed by atoms with E-state index in [1.807, 2.05) is 54.3 Å². The quantitative estimate of drug-likeness (QED) is 0.855. The molecule has 1 aliphatic heterocycles. The Bertz CT molecular complexity index is 807. The predicted octanol–water partition coefficient (Wildman–Crippen LogP) is 3.86. The van der Waals surface area contributed by atoms with Gasteiger partial charge in [0.2, 0.25) is 0 Å². The van der Waals surface area contributed by atoms with Crippen LogP contribution in [-0.2, 0) is 0 Å². The van der Waals surface area contributed by atoms with Gasteiger partial charge in [-0.15, -0.1) is 0 Å². The van der Waals surface area contributed by atoms with Crippen molar-refractivity contribution in [3.63, 3.8) is 0 Å². The summed E-state index contributed by atoms with van der Waals surface area (Å²) in [5.74, 6) is 0.0735. The highest BCUT2D eigenvalue weighted by atomic mass is 16.2. The molecule has 26 heavy (non-hydrogen) atoms. The summed E-state index contributed by atoms with van der Waals surface area (Å²) < 4.78 is 0. The van der Waals surface area contributed by atoms with E-state index in [2.05, 4.69) is 17.1 Å². The van der Waals surface area contributed by atoms with Gasteiger partial charge in [-0.3, -0.25) is 4.79 Å². The monoisotopic (exact) mass is 351 g/mol. The van der Waals surface area contributed by atoms with Gasteiger partial charge in [0.1, 0.15) is 0 Å². The van der Waals surface area contributed by atoms with Gasteiger partial charge in [0, 0.05) is 43.1 Å². The molecule has 0 bridgehead atoms. The fraction of sp³-hybridized carbons (Fsp3) is 0.333. The molecule has 0 atom stereocenters. The van der Waals surface area contributed by atoms with Crippen molar-refractivity contribution < 1.29 is 9.59 Å². The number of nitrogens with one attached hydrogen (secondary N) is 1. The van der Waals surface area contributed by atoms with E-state index in [-0.39, 0.29) is 11.8 Å². The van der Waals surface area contributed by atoms with Gasteiger partial charge in [-0.25, -0.2) is 4.79 Å². The van der Waals surface area contributed by atoms with Crippen LogP contribution in [0.15, 0.2) is 42.5 Å². The highest BCUT2D eigenvalue weighted by Crippen LogP contribution is 2.19. The molecule has 2 aromatic carbocycles. The molecule has 0 spiro atoms. The molecule has 0 radical (unpaired) electrons. The molecule has 2 amide bonds. The molecule has 0 saturated carbocycles. The third-order valence-corrected chi connectivity index (χ3v) is 4.96. The lowest BCUT2D eigenvalue weighted by Crippen LogP contribution is -2.50. The number of ketones is 1. The van der Waals surface area contributed by atoms with Crippen LogP contribution in [0.2, 0.25) is 0 Å². The first kappa shape index (κ1) is 18.0. The molecule has 1 heterocycles. The van der Waals surface area contributed by atoms with Gasteiger partial charge < -0.3 is 15.1 Å². The average molecular weight is 351 g/mol. The van der Waals surface area contributed by atoms with Crippen molar-refractivity contribution in [1.29, 1.82) is 0 Å². The first-order chi connectivity index (χ1) is 12.4. The Morgan fingerprint density at radius 2 is 1.54 bits per heavy atom. The van der Waals surface area contributed by atoms with E-state index in [4.69, 9.17) is 0 Å². The van der Waals surface area contributed by atoms with E-state index in [0.717, 1.165) is 30.0 Å². The second kappa shape index (κ2) is 7.60. The molecular weight excluding hydrogens is 326 g/mol. The SMILES string of the molecule is CC(=O)c1ccc(N2CCN(C(=O)Nc3ccc(C)c(C)c3)CC2)cc1. The fourth-order valence-corrected chi connectivity index (χ4v) is 3.10. The maximum absolute atomic E-state index is 12.5. The molecule has 1 fully saturated rings. The van der Waals surface area contributed by atoms with Crippen LogP contribution in [0.5, 0.6) is 0 Å². The zero-order chi connectivity index (χ0) is 18.7. The Labute approximate surface area is 154 Å². The standard InChI is InChI=1S/C21H25N3O2/c1-15-4-7-19(14-16(15)2)22-21(26)24-12-10-23(11-13-24)20-8-5-18(6-9-20)17(3)25/h4-9,14H,10-13H2,1-3H3,(H,22,26). The molecule has 0 unspecified atom stereocenters. The molecule has 3 rings (SSSR count). The van der Waals surface area contributed by atoms with Crippen molar-refractivity contribution in [2.45, 2.75) is 20.8 Å². The van der Waals surface area contributed by atoms with Crippen molar-refractivity contribution in [2.24, 2.45) is 0 Å². The first-order valence-electron chi connectivity index (χ1n) is 8.93. The molecule has 136 valence electrons. The van der Waals surface area contributed by atoms with Crippen molar-refractivity contribution in [3.05, 3.63) is 59.2 Å². The maximum Gasteiger partial charge on any atom is 0.321 e. The Balaban J connectivity index is 1.56. The van der Waals surface area contributed by atoms with Gasteiger partial charge >= 0.3 is 6.03 Å². The highest BCUT2D eigenvalue weighted by Gasteiger charge is 2.21. The second-order valence-electron chi connectivity index (χ2n) is 6.81. The molecule has 0 aliphatic carbocycles. The lowest BCUT2D eigenvalue weighted by atomic mass is 10.1. The van der Waals surface area contributed by atoms with Gasteiger partial charge in [0.05, 0.1) is 0 Å². The Morgan fingerprint density at radius 3 is 2.12 bits per heavy atom. The Morgan fingerprint density at radius 1 is 0.885 bits per heavy atom. The van der Waals surface area contributed by atoms with Crippen LogP contribution in [0.25, 0.3) is 0 Å². The lowest BCUT2D eigenvalue weighted by Gasteiger charge is -2.36. The summed E-state index contributed by atoms with van der Waals surface area (Å²) in [7, 11) is 0. The van der Waals surface area contributed by atoms with E-state index >= 15 is 0 Å². The molecule has 1 N–H and O–H groups in total. The third kappa shape index (κ3) is 4.04. The molecule has 5 nitrogen and oxygen atoms in total. The van der Waals surface area contributed by atoms with E-state index in [1.54, 1.807) is 6.92 Å². The second-order valence-corrected chi connectivity index (χ2v) is 6.81.